The molecule has 0 aliphatic heterocycles. The van der Waals surface area contributed by atoms with Gasteiger partial charge in [0.25, 0.3) is 0 Å². The van der Waals surface area contributed by atoms with Crippen LogP contribution in [0.1, 0.15) is 51.4 Å². The van der Waals surface area contributed by atoms with Crippen LogP contribution in [0, 0.1) is 11.8 Å². The lowest BCUT2D eigenvalue weighted by atomic mass is 10.0. The fraction of sp³-hybridized carbons (Fsp3) is 0.923. The Bertz CT molecular complexity index is 236. The summed E-state index contributed by atoms with van der Waals surface area (Å²) in [7, 11) is 0. The standard InChI is InChI=1S/C13H23NO2/c15-9-11-6-3-7-12(11)14-13(16)8-10-4-1-2-5-10/h10-12,15H,1-9H2,(H,14,16). The fourth-order valence-electron chi connectivity index (χ4n) is 3.19. The highest BCUT2D eigenvalue weighted by atomic mass is 16.3. The molecule has 1 amide bonds. The number of carbonyl (C=O) groups is 1. The summed E-state index contributed by atoms with van der Waals surface area (Å²) in [6.07, 6.45) is 8.98. The van der Waals surface area contributed by atoms with Crippen molar-refractivity contribution in [2.75, 3.05) is 6.61 Å². The van der Waals surface area contributed by atoms with Crippen LogP contribution < -0.4 is 5.32 Å². The highest BCUT2D eigenvalue weighted by Gasteiger charge is 2.28. The number of aliphatic hydroxyl groups is 1. The predicted molar refractivity (Wildman–Crippen MR) is 62.9 cm³/mol. The van der Waals surface area contributed by atoms with Crippen LogP contribution in [0.25, 0.3) is 0 Å². The first-order valence-corrected chi connectivity index (χ1v) is 6.70. The molecule has 3 nitrogen and oxygen atoms in total. The van der Waals surface area contributed by atoms with Crippen molar-refractivity contribution in [2.24, 2.45) is 11.8 Å². The van der Waals surface area contributed by atoms with Crippen LogP contribution in [-0.4, -0.2) is 23.7 Å². The van der Waals surface area contributed by atoms with Gasteiger partial charge in [-0.25, -0.2) is 0 Å². The van der Waals surface area contributed by atoms with Gasteiger partial charge in [-0.3, -0.25) is 4.79 Å². The van der Waals surface area contributed by atoms with E-state index in [4.69, 9.17) is 0 Å². The Kier molecular flexibility index (Phi) is 4.22. The Hall–Kier alpha value is -0.570. The van der Waals surface area contributed by atoms with Crippen LogP contribution in [0.2, 0.25) is 0 Å². The van der Waals surface area contributed by atoms with Crippen molar-refractivity contribution in [3.05, 3.63) is 0 Å². The van der Waals surface area contributed by atoms with Crippen LogP contribution in [0.5, 0.6) is 0 Å². The van der Waals surface area contributed by atoms with E-state index in [0.717, 1.165) is 19.3 Å². The lowest BCUT2D eigenvalue weighted by Crippen LogP contribution is -2.39. The van der Waals surface area contributed by atoms with Crippen LogP contribution >= 0.6 is 0 Å². The van der Waals surface area contributed by atoms with Gasteiger partial charge in [0.2, 0.25) is 5.91 Å². The summed E-state index contributed by atoms with van der Waals surface area (Å²) in [6, 6.07) is 0.235. The number of rotatable bonds is 4. The van der Waals surface area contributed by atoms with Crippen molar-refractivity contribution < 1.29 is 9.90 Å². The molecule has 0 aromatic heterocycles. The van der Waals surface area contributed by atoms with E-state index in [1.807, 2.05) is 0 Å². The minimum absolute atomic E-state index is 0.206. The molecule has 3 heteroatoms. The first-order chi connectivity index (χ1) is 7.79. The van der Waals surface area contributed by atoms with E-state index in [1.165, 1.54) is 25.7 Å². The van der Waals surface area contributed by atoms with Gasteiger partial charge in [-0.1, -0.05) is 19.3 Å². The van der Waals surface area contributed by atoms with E-state index in [1.54, 1.807) is 0 Å². The molecule has 2 unspecified atom stereocenters. The SMILES string of the molecule is O=C(CC1CCCC1)NC1CCCC1CO. The molecule has 0 radical (unpaired) electrons. The van der Waals surface area contributed by atoms with Crippen LogP contribution in [0.15, 0.2) is 0 Å². The summed E-state index contributed by atoms with van der Waals surface area (Å²) < 4.78 is 0. The minimum atomic E-state index is 0.206. The molecule has 0 aromatic carbocycles. The van der Waals surface area contributed by atoms with Crippen molar-refractivity contribution in [2.45, 2.75) is 57.4 Å². The third-order valence-electron chi connectivity index (χ3n) is 4.19. The van der Waals surface area contributed by atoms with E-state index in [-0.39, 0.29) is 18.6 Å². The number of carbonyl (C=O) groups excluding carboxylic acids is 1. The molecule has 2 atom stereocenters. The third kappa shape index (κ3) is 2.97. The number of aliphatic hydroxyl groups excluding tert-OH is 1. The lowest BCUT2D eigenvalue weighted by molar-refractivity contribution is -0.123. The van der Waals surface area contributed by atoms with Gasteiger partial charge in [-0.15, -0.1) is 0 Å². The topological polar surface area (TPSA) is 49.3 Å². The van der Waals surface area contributed by atoms with E-state index in [0.29, 0.717) is 18.3 Å². The Morgan fingerprint density at radius 3 is 2.56 bits per heavy atom. The summed E-state index contributed by atoms with van der Waals surface area (Å²) in [5.74, 6) is 1.12. The number of hydrogen-bond donors (Lipinski definition) is 2. The minimum Gasteiger partial charge on any atom is -0.396 e. The highest BCUT2D eigenvalue weighted by Crippen LogP contribution is 2.28. The molecular weight excluding hydrogens is 202 g/mol. The van der Waals surface area contributed by atoms with Crippen LogP contribution in [0.4, 0.5) is 0 Å². The van der Waals surface area contributed by atoms with E-state index >= 15 is 0 Å². The van der Waals surface area contributed by atoms with Crippen molar-refractivity contribution in [3.8, 4) is 0 Å². The van der Waals surface area contributed by atoms with Gasteiger partial charge in [-0.2, -0.15) is 0 Å². The monoisotopic (exact) mass is 225 g/mol. The molecule has 0 aromatic rings. The molecule has 0 bridgehead atoms. The second-order valence-corrected chi connectivity index (χ2v) is 5.40. The maximum absolute atomic E-state index is 11.8. The van der Waals surface area contributed by atoms with Crippen molar-refractivity contribution >= 4 is 5.91 Å². The summed E-state index contributed by atoms with van der Waals surface area (Å²) in [5.41, 5.74) is 0. The Morgan fingerprint density at radius 2 is 1.88 bits per heavy atom. The summed E-state index contributed by atoms with van der Waals surface area (Å²) >= 11 is 0. The summed E-state index contributed by atoms with van der Waals surface area (Å²) in [6.45, 7) is 0.217. The molecule has 16 heavy (non-hydrogen) atoms. The van der Waals surface area contributed by atoms with Gasteiger partial charge in [0.05, 0.1) is 0 Å². The van der Waals surface area contributed by atoms with Crippen molar-refractivity contribution in [1.82, 2.24) is 5.32 Å². The molecule has 2 aliphatic carbocycles. The summed E-state index contributed by atoms with van der Waals surface area (Å²) in [4.78, 5) is 11.8. The average molecular weight is 225 g/mol. The Morgan fingerprint density at radius 1 is 1.12 bits per heavy atom. The quantitative estimate of drug-likeness (QED) is 0.767. The molecule has 2 rings (SSSR count). The number of amides is 1. The van der Waals surface area contributed by atoms with Gasteiger partial charge < -0.3 is 10.4 Å². The van der Waals surface area contributed by atoms with E-state index in [9.17, 15) is 9.90 Å². The molecule has 0 saturated heterocycles. The zero-order chi connectivity index (χ0) is 11.4. The molecule has 0 heterocycles. The molecule has 0 spiro atoms. The van der Waals surface area contributed by atoms with Gasteiger partial charge in [-0.05, 0) is 31.6 Å². The second kappa shape index (κ2) is 5.67. The molecule has 92 valence electrons. The predicted octanol–water partition coefficient (Wildman–Crippen LogP) is 1.84. The Balaban J connectivity index is 1.73. The smallest absolute Gasteiger partial charge is 0.220 e. The first-order valence-electron chi connectivity index (χ1n) is 6.70. The molecule has 2 aliphatic rings. The van der Waals surface area contributed by atoms with Gasteiger partial charge >= 0.3 is 0 Å². The van der Waals surface area contributed by atoms with Gasteiger partial charge in [0.1, 0.15) is 0 Å². The van der Waals surface area contributed by atoms with Gasteiger partial charge in [0.15, 0.2) is 0 Å². The van der Waals surface area contributed by atoms with Crippen LogP contribution in [-0.2, 0) is 4.79 Å². The van der Waals surface area contributed by atoms with Crippen molar-refractivity contribution in [3.63, 3.8) is 0 Å². The molecule has 2 saturated carbocycles. The van der Waals surface area contributed by atoms with E-state index < -0.39 is 0 Å². The molecule has 2 fully saturated rings. The fourth-order valence-corrected chi connectivity index (χ4v) is 3.19. The third-order valence-corrected chi connectivity index (χ3v) is 4.19. The molecule has 2 N–H and O–H groups in total. The normalized spacial score (nSPS) is 30.8. The summed E-state index contributed by atoms with van der Waals surface area (Å²) in [5, 5.41) is 12.3. The zero-order valence-corrected chi connectivity index (χ0v) is 9.95. The number of nitrogens with one attached hydrogen (secondary N) is 1. The lowest BCUT2D eigenvalue weighted by Gasteiger charge is -2.20. The maximum atomic E-state index is 11.8. The average Bonchev–Trinajstić information content (AvgIpc) is 2.88. The van der Waals surface area contributed by atoms with Gasteiger partial charge in [0, 0.05) is 25.0 Å². The first kappa shape index (κ1) is 11.9. The second-order valence-electron chi connectivity index (χ2n) is 5.40. The highest BCUT2D eigenvalue weighted by molar-refractivity contribution is 5.76. The largest absolute Gasteiger partial charge is 0.396 e. The van der Waals surface area contributed by atoms with E-state index in [2.05, 4.69) is 5.32 Å². The number of hydrogen-bond acceptors (Lipinski definition) is 2. The zero-order valence-electron chi connectivity index (χ0n) is 9.95. The molecular formula is C13H23NO2. The van der Waals surface area contributed by atoms with Crippen LogP contribution in [0.3, 0.4) is 0 Å². The maximum Gasteiger partial charge on any atom is 0.220 e. The van der Waals surface area contributed by atoms with Crippen molar-refractivity contribution in [1.29, 1.82) is 0 Å². The Labute approximate surface area is 97.6 Å².